The molecule has 1 aromatic heterocycles. The van der Waals surface area contributed by atoms with Crippen LogP contribution in [0, 0.1) is 13.8 Å². The van der Waals surface area contributed by atoms with Gasteiger partial charge in [-0.05, 0) is 44.2 Å². The van der Waals surface area contributed by atoms with Crippen LogP contribution in [0.3, 0.4) is 0 Å². The molecule has 7 heteroatoms. The van der Waals surface area contributed by atoms with E-state index in [-0.39, 0.29) is 10.8 Å². The van der Waals surface area contributed by atoms with Crippen LogP contribution in [-0.2, 0) is 10.0 Å². The topological polar surface area (TPSA) is 102 Å². The Balaban J connectivity index is 2.28. The molecular weight excluding hydrogens is 290 g/mol. The monoisotopic (exact) mass is 305 g/mol. The maximum Gasteiger partial charge on any atom is 0.257 e. The van der Waals surface area contributed by atoms with Crippen LogP contribution in [-0.4, -0.2) is 19.3 Å². The molecule has 1 aromatic carbocycles. The van der Waals surface area contributed by atoms with Crippen LogP contribution >= 0.6 is 0 Å². The SMILES string of the molecule is Cc1ccc(C(=O)Nc2cccc(S(N)(=O)=O)c2)c(C)n1. The molecule has 110 valence electrons. The first-order valence-corrected chi connectivity index (χ1v) is 7.70. The van der Waals surface area contributed by atoms with Crippen LogP contribution in [0.5, 0.6) is 0 Å². The number of aryl methyl sites for hydroxylation is 2. The standard InChI is InChI=1S/C14H15N3O3S/c1-9-6-7-13(10(2)16-9)14(18)17-11-4-3-5-12(8-11)21(15,19)20/h3-8H,1-2H3,(H,17,18)(H2,15,19,20). The van der Waals surface area contributed by atoms with Gasteiger partial charge in [0.25, 0.3) is 5.91 Å². The minimum atomic E-state index is -3.80. The van der Waals surface area contributed by atoms with Gasteiger partial charge >= 0.3 is 0 Å². The Kier molecular flexibility index (Phi) is 4.06. The molecule has 3 N–H and O–H groups in total. The van der Waals surface area contributed by atoms with Gasteiger partial charge in [-0.1, -0.05) is 6.07 Å². The van der Waals surface area contributed by atoms with Crippen LogP contribution in [0.25, 0.3) is 0 Å². The van der Waals surface area contributed by atoms with Crippen LogP contribution in [0.4, 0.5) is 5.69 Å². The van der Waals surface area contributed by atoms with Crippen molar-refractivity contribution in [3.63, 3.8) is 0 Å². The summed E-state index contributed by atoms with van der Waals surface area (Å²) in [4.78, 5) is 16.3. The number of nitrogens with two attached hydrogens (primary N) is 1. The largest absolute Gasteiger partial charge is 0.322 e. The Morgan fingerprint density at radius 1 is 1.19 bits per heavy atom. The van der Waals surface area contributed by atoms with Crippen LogP contribution in [0.2, 0.25) is 0 Å². The van der Waals surface area contributed by atoms with E-state index >= 15 is 0 Å². The van der Waals surface area contributed by atoms with E-state index in [4.69, 9.17) is 5.14 Å². The van der Waals surface area contributed by atoms with Crippen molar-refractivity contribution in [1.82, 2.24) is 4.98 Å². The number of primary sulfonamides is 1. The molecule has 0 aliphatic heterocycles. The molecule has 0 spiro atoms. The molecule has 0 aliphatic carbocycles. The van der Waals surface area contributed by atoms with E-state index in [0.717, 1.165) is 5.69 Å². The Hall–Kier alpha value is -2.25. The number of carbonyl (C=O) groups excluding carboxylic acids is 1. The number of nitrogens with one attached hydrogen (secondary N) is 1. The zero-order chi connectivity index (χ0) is 15.6. The molecule has 1 heterocycles. The number of hydrogen-bond donors (Lipinski definition) is 2. The fourth-order valence-electron chi connectivity index (χ4n) is 1.88. The van der Waals surface area contributed by atoms with E-state index in [0.29, 0.717) is 16.9 Å². The summed E-state index contributed by atoms with van der Waals surface area (Å²) in [5, 5.41) is 7.69. The van der Waals surface area contributed by atoms with Crippen LogP contribution in [0.15, 0.2) is 41.3 Å². The highest BCUT2D eigenvalue weighted by Crippen LogP contribution is 2.16. The number of carbonyl (C=O) groups is 1. The number of hydrogen-bond acceptors (Lipinski definition) is 4. The summed E-state index contributed by atoms with van der Waals surface area (Å²) in [6.45, 7) is 3.58. The minimum absolute atomic E-state index is 0.0564. The second kappa shape index (κ2) is 5.63. The highest BCUT2D eigenvalue weighted by Gasteiger charge is 2.12. The molecule has 0 saturated carbocycles. The van der Waals surface area contributed by atoms with Crippen LogP contribution < -0.4 is 10.5 Å². The maximum atomic E-state index is 12.2. The summed E-state index contributed by atoms with van der Waals surface area (Å²) < 4.78 is 22.6. The number of nitrogens with zero attached hydrogens (tertiary/aromatic N) is 1. The van der Waals surface area contributed by atoms with Gasteiger partial charge in [-0.25, -0.2) is 13.6 Å². The number of sulfonamides is 1. The zero-order valence-corrected chi connectivity index (χ0v) is 12.4. The summed E-state index contributed by atoms with van der Waals surface area (Å²) in [5.74, 6) is -0.355. The third-order valence-electron chi connectivity index (χ3n) is 2.89. The van der Waals surface area contributed by atoms with Gasteiger partial charge in [-0.2, -0.15) is 0 Å². The van der Waals surface area contributed by atoms with Gasteiger partial charge in [-0.15, -0.1) is 0 Å². The van der Waals surface area contributed by atoms with Gasteiger partial charge in [0.15, 0.2) is 0 Å². The highest BCUT2D eigenvalue weighted by atomic mass is 32.2. The van der Waals surface area contributed by atoms with Gasteiger partial charge < -0.3 is 5.32 Å². The predicted octanol–water partition coefficient (Wildman–Crippen LogP) is 1.60. The van der Waals surface area contributed by atoms with Gasteiger partial charge in [0, 0.05) is 11.4 Å². The number of benzene rings is 1. The third-order valence-corrected chi connectivity index (χ3v) is 3.80. The van der Waals surface area contributed by atoms with Crippen molar-refractivity contribution >= 4 is 21.6 Å². The molecule has 0 bridgehead atoms. The van der Waals surface area contributed by atoms with Crippen molar-refractivity contribution in [1.29, 1.82) is 0 Å². The van der Waals surface area contributed by atoms with E-state index in [1.165, 1.54) is 18.2 Å². The van der Waals surface area contributed by atoms with Crippen molar-refractivity contribution in [3.05, 3.63) is 53.3 Å². The zero-order valence-electron chi connectivity index (χ0n) is 11.6. The molecule has 0 unspecified atom stereocenters. The second-order valence-corrected chi connectivity index (χ2v) is 6.17. The second-order valence-electron chi connectivity index (χ2n) is 4.61. The smallest absolute Gasteiger partial charge is 0.257 e. The molecular formula is C14H15N3O3S. The number of rotatable bonds is 3. The summed E-state index contributed by atoms with van der Waals surface area (Å²) in [6, 6.07) is 9.19. The van der Waals surface area contributed by atoms with E-state index in [2.05, 4.69) is 10.3 Å². The normalized spacial score (nSPS) is 11.2. The quantitative estimate of drug-likeness (QED) is 0.899. The van der Waals surface area contributed by atoms with Crippen molar-refractivity contribution in [2.24, 2.45) is 5.14 Å². The third kappa shape index (κ3) is 3.65. The Labute approximate surface area is 123 Å². The summed E-state index contributed by atoms with van der Waals surface area (Å²) in [7, 11) is -3.80. The first-order chi connectivity index (χ1) is 9.77. The fourth-order valence-corrected chi connectivity index (χ4v) is 2.44. The molecule has 6 nitrogen and oxygen atoms in total. The molecule has 0 aliphatic rings. The Morgan fingerprint density at radius 2 is 1.90 bits per heavy atom. The first-order valence-electron chi connectivity index (χ1n) is 6.16. The predicted molar refractivity (Wildman–Crippen MR) is 79.5 cm³/mol. The van der Waals surface area contributed by atoms with Gasteiger partial charge in [0.05, 0.1) is 16.2 Å². The van der Waals surface area contributed by atoms with Gasteiger partial charge in [0.2, 0.25) is 10.0 Å². The van der Waals surface area contributed by atoms with E-state index < -0.39 is 10.0 Å². The lowest BCUT2D eigenvalue weighted by Crippen LogP contribution is -2.16. The van der Waals surface area contributed by atoms with Crippen molar-refractivity contribution in [2.75, 3.05) is 5.32 Å². The lowest BCUT2D eigenvalue weighted by molar-refractivity contribution is 0.102. The molecule has 0 radical (unpaired) electrons. The molecule has 2 rings (SSSR count). The molecule has 0 atom stereocenters. The summed E-state index contributed by atoms with van der Waals surface area (Å²) in [6.07, 6.45) is 0. The van der Waals surface area contributed by atoms with Crippen LogP contribution in [0.1, 0.15) is 21.7 Å². The Morgan fingerprint density at radius 3 is 2.52 bits per heavy atom. The van der Waals surface area contributed by atoms with Gasteiger partial charge in [0.1, 0.15) is 0 Å². The van der Waals surface area contributed by atoms with E-state index in [1.807, 2.05) is 6.92 Å². The first kappa shape index (κ1) is 15.1. The number of amides is 1. The van der Waals surface area contributed by atoms with Crippen molar-refractivity contribution < 1.29 is 13.2 Å². The molecule has 1 amide bonds. The molecule has 2 aromatic rings. The van der Waals surface area contributed by atoms with Crippen molar-refractivity contribution in [3.8, 4) is 0 Å². The molecule has 0 saturated heterocycles. The molecule has 21 heavy (non-hydrogen) atoms. The number of anilines is 1. The van der Waals surface area contributed by atoms with Crippen molar-refractivity contribution in [2.45, 2.75) is 18.7 Å². The minimum Gasteiger partial charge on any atom is -0.322 e. The maximum absolute atomic E-state index is 12.2. The molecule has 0 fully saturated rings. The van der Waals surface area contributed by atoms with E-state index in [1.54, 1.807) is 25.1 Å². The number of aromatic nitrogens is 1. The van der Waals surface area contributed by atoms with E-state index in [9.17, 15) is 13.2 Å². The average molecular weight is 305 g/mol. The Bertz CT molecular complexity index is 801. The fraction of sp³-hybridized carbons (Fsp3) is 0.143. The van der Waals surface area contributed by atoms with Gasteiger partial charge in [-0.3, -0.25) is 9.78 Å². The number of pyridine rings is 1. The summed E-state index contributed by atoms with van der Waals surface area (Å²) in [5.41, 5.74) is 2.21. The lowest BCUT2D eigenvalue weighted by atomic mass is 10.1. The average Bonchev–Trinajstić information content (AvgIpc) is 2.37. The highest BCUT2D eigenvalue weighted by molar-refractivity contribution is 7.89. The summed E-state index contributed by atoms with van der Waals surface area (Å²) >= 11 is 0. The lowest BCUT2D eigenvalue weighted by Gasteiger charge is -2.08.